The van der Waals surface area contributed by atoms with Gasteiger partial charge in [0.2, 0.25) is 0 Å². The van der Waals surface area contributed by atoms with Crippen molar-refractivity contribution < 1.29 is 19.4 Å². The lowest BCUT2D eigenvalue weighted by Gasteiger charge is -2.08. The molecule has 0 radical (unpaired) electrons. The molecule has 1 rings (SSSR count). The van der Waals surface area contributed by atoms with Crippen LogP contribution in [0, 0.1) is 0 Å². The summed E-state index contributed by atoms with van der Waals surface area (Å²) < 4.78 is 6.83. The van der Waals surface area contributed by atoms with Gasteiger partial charge in [0.1, 0.15) is 0 Å². The van der Waals surface area contributed by atoms with E-state index in [1.165, 1.54) is 12.5 Å². The van der Waals surface area contributed by atoms with E-state index in [2.05, 4.69) is 22.2 Å². The van der Waals surface area contributed by atoms with Crippen LogP contribution in [0.15, 0.2) is 24.7 Å². The number of hydrogen-bond donors (Lipinski definition) is 3. The molecule has 0 saturated heterocycles. The van der Waals surface area contributed by atoms with Crippen LogP contribution in [0.3, 0.4) is 0 Å². The normalized spacial score (nSPS) is 10.1. The molecule has 1 aromatic heterocycles. The van der Waals surface area contributed by atoms with Crippen molar-refractivity contribution in [2.24, 2.45) is 0 Å². The third-order valence-electron chi connectivity index (χ3n) is 2.39. The Hall–Kier alpha value is -2.35. The van der Waals surface area contributed by atoms with Gasteiger partial charge in [0.05, 0.1) is 19.5 Å². The number of carboxylic acids is 1. The van der Waals surface area contributed by atoms with E-state index in [1.807, 2.05) is 6.92 Å². The summed E-state index contributed by atoms with van der Waals surface area (Å²) >= 11 is 0. The molecule has 8 nitrogen and oxygen atoms in total. The van der Waals surface area contributed by atoms with Gasteiger partial charge in [-0.05, 0) is 6.92 Å². The molecule has 0 spiro atoms. The highest BCUT2D eigenvalue weighted by Crippen LogP contribution is 1.95. The highest BCUT2D eigenvalue weighted by Gasteiger charge is 2.06. The van der Waals surface area contributed by atoms with Gasteiger partial charge in [0, 0.05) is 25.8 Å². The fraction of sp³-hybridized carbons (Fsp3) is 0.462. The number of aromatic nitrogens is 2. The fourth-order valence-corrected chi connectivity index (χ4v) is 1.44. The molecule has 21 heavy (non-hydrogen) atoms. The fourth-order valence-electron chi connectivity index (χ4n) is 1.44. The van der Waals surface area contributed by atoms with Crippen LogP contribution in [-0.2, 0) is 11.3 Å². The SMILES string of the molecule is C=C(C)COCCNC(=O)NCCn1cnc(C(=O)O)c1. The van der Waals surface area contributed by atoms with E-state index in [-0.39, 0.29) is 11.7 Å². The van der Waals surface area contributed by atoms with Crippen molar-refractivity contribution in [3.8, 4) is 0 Å². The summed E-state index contributed by atoms with van der Waals surface area (Å²) in [6.07, 6.45) is 2.82. The van der Waals surface area contributed by atoms with Gasteiger partial charge < -0.3 is 25.0 Å². The second-order valence-electron chi connectivity index (χ2n) is 4.49. The van der Waals surface area contributed by atoms with Crippen molar-refractivity contribution in [2.75, 3.05) is 26.3 Å². The minimum absolute atomic E-state index is 0.0193. The molecule has 8 heteroatoms. The molecule has 0 aliphatic rings. The Morgan fingerprint density at radius 2 is 2.14 bits per heavy atom. The number of hydrogen-bond acceptors (Lipinski definition) is 4. The number of amides is 2. The van der Waals surface area contributed by atoms with Crippen LogP contribution in [0.5, 0.6) is 0 Å². The number of urea groups is 1. The molecule has 2 amide bonds. The molecule has 1 aromatic rings. The largest absolute Gasteiger partial charge is 0.476 e. The molecule has 116 valence electrons. The monoisotopic (exact) mass is 296 g/mol. The van der Waals surface area contributed by atoms with E-state index in [1.54, 1.807) is 4.57 Å². The number of nitrogens with zero attached hydrogens (tertiary/aromatic N) is 2. The first-order valence-corrected chi connectivity index (χ1v) is 6.48. The van der Waals surface area contributed by atoms with Crippen LogP contribution in [-0.4, -0.2) is 53.0 Å². The van der Waals surface area contributed by atoms with Crippen molar-refractivity contribution in [1.82, 2.24) is 20.2 Å². The van der Waals surface area contributed by atoms with Crippen LogP contribution < -0.4 is 10.6 Å². The summed E-state index contributed by atoms with van der Waals surface area (Å²) in [5.74, 6) is -1.07. The van der Waals surface area contributed by atoms with Crippen LogP contribution in [0.4, 0.5) is 4.79 Å². The number of rotatable bonds is 9. The summed E-state index contributed by atoms with van der Waals surface area (Å²) in [4.78, 5) is 25.8. The zero-order valence-corrected chi connectivity index (χ0v) is 12.0. The smallest absolute Gasteiger partial charge is 0.356 e. The summed E-state index contributed by atoms with van der Waals surface area (Å²) in [6.45, 7) is 7.69. The number of imidazole rings is 1. The molecule has 0 bridgehead atoms. The lowest BCUT2D eigenvalue weighted by molar-refractivity contribution is 0.0691. The zero-order chi connectivity index (χ0) is 15.7. The maximum absolute atomic E-state index is 11.4. The van der Waals surface area contributed by atoms with E-state index >= 15 is 0 Å². The summed E-state index contributed by atoms with van der Waals surface area (Å²) in [7, 11) is 0. The van der Waals surface area contributed by atoms with E-state index in [9.17, 15) is 9.59 Å². The summed E-state index contributed by atoms with van der Waals surface area (Å²) in [5, 5.41) is 14.0. The van der Waals surface area contributed by atoms with Crippen molar-refractivity contribution in [3.63, 3.8) is 0 Å². The predicted molar refractivity (Wildman–Crippen MR) is 76.2 cm³/mol. The molecule has 0 saturated carbocycles. The molecule has 0 aliphatic heterocycles. The molecule has 0 unspecified atom stereocenters. The number of carbonyl (C=O) groups excluding carboxylic acids is 1. The first-order valence-electron chi connectivity index (χ1n) is 6.48. The highest BCUT2D eigenvalue weighted by atomic mass is 16.5. The topological polar surface area (TPSA) is 105 Å². The van der Waals surface area contributed by atoms with Gasteiger partial charge in [-0.2, -0.15) is 0 Å². The molecule has 0 atom stereocenters. The minimum atomic E-state index is -1.07. The Bertz CT molecular complexity index is 498. The minimum Gasteiger partial charge on any atom is -0.476 e. The number of nitrogens with one attached hydrogen (secondary N) is 2. The Kier molecular flexibility index (Phi) is 6.96. The molecular formula is C13H20N4O4. The van der Waals surface area contributed by atoms with Gasteiger partial charge in [0.15, 0.2) is 5.69 Å². The van der Waals surface area contributed by atoms with E-state index in [0.29, 0.717) is 32.8 Å². The molecule has 1 heterocycles. The van der Waals surface area contributed by atoms with E-state index < -0.39 is 5.97 Å². The van der Waals surface area contributed by atoms with Crippen LogP contribution in [0.25, 0.3) is 0 Å². The van der Waals surface area contributed by atoms with E-state index in [0.717, 1.165) is 5.57 Å². The second-order valence-corrected chi connectivity index (χ2v) is 4.49. The third kappa shape index (κ3) is 7.11. The third-order valence-corrected chi connectivity index (χ3v) is 2.39. The van der Waals surface area contributed by atoms with E-state index in [4.69, 9.17) is 9.84 Å². The number of carboxylic acid groups (broad SMARTS) is 1. The zero-order valence-electron chi connectivity index (χ0n) is 12.0. The van der Waals surface area contributed by atoms with Crippen molar-refractivity contribution >= 4 is 12.0 Å². The van der Waals surface area contributed by atoms with Gasteiger partial charge in [-0.3, -0.25) is 0 Å². The molecule has 0 aliphatic carbocycles. The van der Waals surface area contributed by atoms with Crippen LogP contribution in [0.1, 0.15) is 17.4 Å². The molecule has 0 fully saturated rings. The van der Waals surface area contributed by atoms with Gasteiger partial charge in [-0.15, -0.1) is 0 Å². The average Bonchev–Trinajstić information content (AvgIpc) is 2.87. The quantitative estimate of drug-likeness (QED) is 0.454. The molecular weight excluding hydrogens is 276 g/mol. The van der Waals surface area contributed by atoms with Crippen molar-refractivity contribution in [3.05, 3.63) is 30.4 Å². The molecule has 0 aromatic carbocycles. The maximum Gasteiger partial charge on any atom is 0.356 e. The Morgan fingerprint density at radius 3 is 2.76 bits per heavy atom. The first-order chi connectivity index (χ1) is 9.99. The predicted octanol–water partition coefficient (Wildman–Crippen LogP) is 0.473. The highest BCUT2D eigenvalue weighted by molar-refractivity contribution is 5.84. The average molecular weight is 296 g/mol. The number of aromatic carboxylic acids is 1. The molecule has 3 N–H and O–H groups in total. The van der Waals surface area contributed by atoms with Crippen LogP contribution >= 0.6 is 0 Å². The second kappa shape index (κ2) is 8.75. The Labute approximate surface area is 122 Å². The standard InChI is InChI=1S/C13H20N4O4/c1-10(2)8-21-6-4-15-13(20)14-3-5-17-7-11(12(18)19)16-9-17/h7,9H,1,3-6,8H2,2H3,(H,18,19)(H2,14,15,20). The number of carbonyl (C=O) groups is 2. The summed E-state index contributed by atoms with van der Waals surface area (Å²) in [6, 6.07) is -0.299. The van der Waals surface area contributed by atoms with Gasteiger partial charge in [-0.1, -0.05) is 12.2 Å². The Balaban J connectivity index is 2.10. The van der Waals surface area contributed by atoms with Gasteiger partial charge >= 0.3 is 12.0 Å². The Morgan fingerprint density at radius 1 is 1.43 bits per heavy atom. The van der Waals surface area contributed by atoms with Crippen molar-refractivity contribution in [2.45, 2.75) is 13.5 Å². The van der Waals surface area contributed by atoms with Gasteiger partial charge in [0.25, 0.3) is 0 Å². The summed E-state index contributed by atoms with van der Waals surface area (Å²) in [5.41, 5.74) is 0.912. The lowest BCUT2D eigenvalue weighted by Crippen LogP contribution is -2.38. The maximum atomic E-state index is 11.4. The number of ether oxygens (including phenoxy) is 1. The van der Waals surface area contributed by atoms with Gasteiger partial charge in [-0.25, -0.2) is 14.6 Å². The van der Waals surface area contributed by atoms with Crippen LogP contribution in [0.2, 0.25) is 0 Å². The lowest BCUT2D eigenvalue weighted by atomic mass is 10.4. The van der Waals surface area contributed by atoms with Crippen molar-refractivity contribution in [1.29, 1.82) is 0 Å². The first kappa shape index (κ1) is 16.7.